The highest BCUT2D eigenvalue weighted by Gasteiger charge is 2.36. The lowest BCUT2D eigenvalue weighted by Gasteiger charge is -2.38. The number of benzene rings is 4. The Hall–Kier alpha value is -4.25. The minimum absolute atomic E-state index is 0.222. The minimum Gasteiger partial charge on any atom is -0.450 e. The lowest BCUT2D eigenvalue weighted by atomic mass is 9.77. The van der Waals surface area contributed by atoms with Crippen LogP contribution in [0.4, 0.5) is 16.2 Å². The van der Waals surface area contributed by atoms with Crippen molar-refractivity contribution in [3.05, 3.63) is 132 Å². The van der Waals surface area contributed by atoms with Gasteiger partial charge in [0.05, 0.1) is 6.61 Å². The zero-order valence-corrected chi connectivity index (χ0v) is 21.2. The molecule has 1 saturated heterocycles. The van der Waals surface area contributed by atoms with Crippen molar-refractivity contribution in [3.8, 4) is 0 Å². The van der Waals surface area contributed by atoms with E-state index in [1.165, 1.54) is 16.7 Å². The van der Waals surface area contributed by atoms with E-state index >= 15 is 0 Å². The third-order valence-corrected chi connectivity index (χ3v) is 6.99. The highest BCUT2D eigenvalue weighted by molar-refractivity contribution is 5.68. The first kappa shape index (κ1) is 24.4. The van der Waals surface area contributed by atoms with E-state index in [2.05, 4.69) is 125 Å². The summed E-state index contributed by atoms with van der Waals surface area (Å²) in [5.41, 5.74) is 5.14. The Bertz CT molecular complexity index is 1170. The van der Waals surface area contributed by atoms with Crippen LogP contribution < -0.4 is 10.2 Å². The first-order chi connectivity index (χ1) is 18.2. The van der Waals surface area contributed by atoms with Crippen LogP contribution in [0.2, 0.25) is 0 Å². The summed E-state index contributed by atoms with van der Waals surface area (Å²) in [5.74, 6) is 0. The van der Waals surface area contributed by atoms with Crippen molar-refractivity contribution in [2.45, 2.75) is 12.5 Å². The lowest BCUT2D eigenvalue weighted by molar-refractivity contribution is 0.105. The summed E-state index contributed by atoms with van der Waals surface area (Å²) in [5, 5.41) is 3.92. The number of piperazine rings is 1. The van der Waals surface area contributed by atoms with E-state index in [0.29, 0.717) is 19.7 Å². The Morgan fingerprint density at radius 3 is 1.59 bits per heavy atom. The number of carbonyl (C=O) groups is 1. The SMILES string of the molecule is CCOC(=O)N1CCN(c2ccc(NC(c3ccccc3)(c3ccccc3)c3ccccc3)cc2)CC1. The van der Waals surface area contributed by atoms with Crippen LogP contribution in [-0.4, -0.2) is 43.8 Å². The molecule has 1 amide bonds. The molecule has 1 fully saturated rings. The number of carbonyl (C=O) groups excluding carboxylic acids is 1. The Balaban J connectivity index is 1.45. The maximum atomic E-state index is 12.0. The average Bonchev–Trinajstić information content (AvgIpc) is 2.98. The van der Waals surface area contributed by atoms with E-state index < -0.39 is 5.54 Å². The third-order valence-electron chi connectivity index (χ3n) is 6.99. The standard InChI is InChI=1S/C32H33N3O2/c1-2-37-31(36)35-24-22-34(23-25-35)30-20-18-29(19-21-30)33-32(26-12-6-3-7-13-26,27-14-8-4-9-15-27)28-16-10-5-11-17-28/h3-21,33H,2,22-25H2,1H3. The number of nitrogens with zero attached hydrogens (tertiary/aromatic N) is 2. The lowest BCUT2D eigenvalue weighted by Crippen LogP contribution is -2.49. The largest absolute Gasteiger partial charge is 0.450 e. The first-order valence-electron chi connectivity index (χ1n) is 12.9. The van der Waals surface area contributed by atoms with Gasteiger partial charge >= 0.3 is 6.09 Å². The van der Waals surface area contributed by atoms with Crippen molar-refractivity contribution in [1.82, 2.24) is 4.90 Å². The van der Waals surface area contributed by atoms with E-state index in [1.807, 2.05) is 6.92 Å². The number of rotatable bonds is 7. The van der Waals surface area contributed by atoms with E-state index in [9.17, 15) is 4.79 Å². The van der Waals surface area contributed by atoms with Crippen LogP contribution in [0.1, 0.15) is 23.6 Å². The molecule has 1 N–H and O–H groups in total. The second-order valence-electron chi connectivity index (χ2n) is 9.19. The first-order valence-corrected chi connectivity index (χ1v) is 12.9. The molecule has 5 heteroatoms. The van der Waals surface area contributed by atoms with Gasteiger partial charge in [0.25, 0.3) is 0 Å². The molecule has 0 atom stereocenters. The summed E-state index contributed by atoms with van der Waals surface area (Å²) in [7, 11) is 0. The van der Waals surface area contributed by atoms with Crippen molar-refractivity contribution >= 4 is 17.5 Å². The average molecular weight is 492 g/mol. The summed E-state index contributed by atoms with van der Waals surface area (Å²) in [6.45, 7) is 5.15. The summed E-state index contributed by atoms with van der Waals surface area (Å²) in [6, 6.07) is 40.5. The normalized spacial score (nSPS) is 13.8. The van der Waals surface area contributed by atoms with Gasteiger partial charge in [-0.15, -0.1) is 0 Å². The van der Waals surface area contributed by atoms with Crippen LogP contribution in [0.3, 0.4) is 0 Å². The number of hydrogen-bond acceptors (Lipinski definition) is 4. The van der Waals surface area contributed by atoms with Crippen LogP contribution in [-0.2, 0) is 10.3 Å². The van der Waals surface area contributed by atoms with Crippen LogP contribution in [0.15, 0.2) is 115 Å². The Kier molecular flexibility index (Phi) is 7.41. The molecule has 0 bridgehead atoms. The van der Waals surface area contributed by atoms with Crippen molar-refractivity contribution in [2.24, 2.45) is 0 Å². The van der Waals surface area contributed by atoms with Crippen molar-refractivity contribution in [2.75, 3.05) is 43.0 Å². The van der Waals surface area contributed by atoms with Gasteiger partial charge in [0.1, 0.15) is 5.54 Å². The molecular formula is C32H33N3O2. The van der Waals surface area contributed by atoms with Crippen LogP contribution >= 0.6 is 0 Å². The highest BCUT2D eigenvalue weighted by atomic mass is 16.6. The maximum Gasteiger partial charge on any atom is 0.409 e. The van der Waals surface area contributed by atoms with Gasteiger partial charge in [0.2, 0.25) is 0 Å². The molecule has 188 valence electrons. The van der Waals surface area contributed by atoms with Crippen LogP contribution in [0.25, 0.3) is 0 Å². The Labute approximate surface area is 219 Å². The highest BCUT2D eigenvalue weighted by Crippen LogP contribution is 2.40. The van der Waals surface area contributed by atoms with Crippen LogP contribution in [0.5, 0.6) is 0 Å². The molecule has 1 aliphatic rings. The van der Waals surface area contributed by atoms with Gasteiger partial charge in [-0.25, -0.2) is 4.79 Å². The number of amides is 1. The van der Waals surface area contributed by atoms with Gasteiger partial charge in [-0.3, -0.25) is 0 Å². The van der Waals surface area contributed by atoms with Gasteiger partial charge in [0, 0.05) is 37.6 Å². The summed E-state index contributed by atoms with van der Waals surface area (Å²) < 4.78 is 5.15. The molecule has 0 saturated carbocycles. The van der Waals surface area contributed by atoms with Gasteiger partial charge in [0.15, 0.2) is 0 Å². The zero-order valence-electron chi connectivity index (χ0n) is 21.2. The monoisotopic (exact) mass is 491 g/mol. The minimum atomic E-state index is -0.559. The molecule has 1 aliphatic heterocycles. The molecule has 37 heavy (non-hydrogen) atoms. The molecule has 0 aromatic heterocycles. The number of ether oxygens (including phenoxy) is 1. The molecule has 4 aromatic rings. The Morgan fingerprint density at radius 1 is 0.703 bits per heavy atom. The fourth-order valence-corrected chi connectivity index (χ4v) is 5.12. The van der Waals surface area contributed by atoms with E-state index in [4.69, 9.17) is 4.74 Å². The van der Waals surface area contributed by atoms with Crippen molar-refractivity contribution in [1.29, 1.82) is 0 Å². The molecule has 4 aromatic carbocycles. The molecule has 0 aliphatic carbocycles. The van der Waals surface area contributed by atoms with E-state index in [0.717, 1.165) is 24.5 Å². The van der Waals surface area contributed by atoms with Gasteiger partial charge in [-0.2, -0.15) is 0 Å². The van der Waals surface area contributed by atoms with Gasteiger partial charge in [-0.05, 0) is 47.9 Å². The predicted molar refractivity (Wildman–Crippen MR) is 150 cm³/mol. The fraction of sp³-hybridized carbons (Fsp3) is 0.219. The van der Waals surface area contributed by atoms with Crippen LogP contribution in [0, 0.1) is 0 Å². The summed E-state index contributed by atoms with van der Waals surface area (Å²) >= 11 is 0. The number of hydrogen-bond donors (Lipinski definition) is 1. The fourth-order valence-electron chi connectivity index (χ4n) is 5.12. The molecule has 0 spiro atoms. The van der Waals surface area contributed by atoms with Gasteiger partial charge < -0.3 is 19.9 Å². The molecular weight excluding hydrogens is 458 g/mol. The molecule has 5 rings (SSSR count). The summed E-state index contributed by atoms with van der Waals surface area (Å²) in [6.07, 6.45) is -0.222. The topological polar surface area (TPSA) is 44.8 Å². The quantitative estimate of drug-likeness (QED) is 0.305. The molecule has 0 radical (unpaired) electrons. The maximum absolute atomic E-state index is 12.0. The molecule has 1 heterocycles. The smallest absolute Gasteiger partial charge is 0.409 e. The predicted octanol–water partition coefficient (Wildman–Crippen LogP) is 6.37. The molecule has 5 nitrogen and oxygen atoms in total. The third kappa shape index (κ3) is 5.17. The zero-order chi connectivity index (χ0) is 25.5. The number of nitrogens with one attached hydrogen (secondary N) is 1. The van der Waals surface area contributed by atoms with Crippen molar-refractivity contribution in [3.63, 3.8) is 0 Å². The second kappa shape index (κ2) is 11.2. The Morgan fingerprint density at radius 2 is 1.16 bits per heavy atom. The second-order valence-corrected chi connectivity index (χ2v) is 9.19. The van der Waals surface area contributed by atoms with Crippen molar-refractivity contribution < 1.29 is 9.53 Å². The summed E-state index contributed by atoms with van der Waals surface area (Å²) in [4.78, 5) is 16.1. The number of anilines is 2. The van der Waals surface area contributed by atoms with E-state index in [-0.39, 0.29) is 6.09 Å². The molecule has 0 unspecified atom stereocenters. The van der Waals surface area contributed by atoms with Gasteiger partial charge in [-0.1, -0.05) is 91.0 Å². The van der Waals surface area contributed by atoms with E-state index in [1.54, 1.807) is 4.90 Å².